The first kappa shape index (κ1) is 27.1. The van der Waals surface area contributed by atoms with Crippen LogP contribution in [0.5, 0.6) is 0 Å². The Bertz CT molecular complexity index is 1280. The Hall–Kier alpha value is -2.97. The Morgan fingerprint density at radius 2 is 1.95 bits per heavy atom. The van der Waals surface area contributed by atoms with Crippen molar-refractivity contribution in [3.63, 3.8) is 0 Å². The fourth-order valence-corrected chi connectivity index (χ4v) is 5.23. The summed E-state index contributed by atoms with van der Waals surface area (Å²) in [5.41, 5.74) is 4.64. The second-order valence-electron chi connectivity index (χ2n) is 10.5. The first-order valence-corrected chi connectivity index (χ1v) is 13.4. The predicted octanol–water partition coefficient (Wildman–Crippen LogP) is 4.52. The Kier molecular flexibility index (Phi) is 8.49. The van der Waals surface area contributed by atoms with Crippen LogP contribution < -0.4 is 10.9 Å². The molecule has 4 rings (SSSR count). The molecule has 1 aliphatic heterocycles. The van der Waals surface area contributed by atoms with Crippen molar-refractivity contribution in [3.8, 4) is 11.4 Å². The molecule has 0 amide bonds. The SMILES string of the molecule is CC[C@H](NCc1ccc2c(c1)nc(-c1cc(C)c(=O)n(C)c1)n2C(C)C1CCOCC1)C(=O)OC(C)C. The van der Waals surface area contributed by atoms with Crippen molar-refractivity contribution in [2.24, 2.45) is 13.0 Å². The molecule has 1 aromatic carbocycles. The maximum atomic E-state index is 12.4. The Morgan fingerprint density at radius 1 is 1.22 bits per heavy atom. The van der Waals surface area contributed by atoms with Gasteiger partial charge < -0.3 is 23.9 Å². The molecule has 3 aromatic rings. The maximum absolute atomic E-state index is 12.4. The molecular weight excluding hydrogens is 468 g/mol. The number of hydrogen-bond acceptors (Lipinski definition) is 6. The smallest absolute Gasteiger partial charge is 0.323 e. The number of benzene rings is 1. The third kappa shape index (κ3) is 5.96. The number of fused-ring (bicyclic) bond motifs is 1. The van der Waals surface area contributed by atoms with Crippen LogP contribution in [0, 0.1) is 12.8 Å². The number of pyridine rings is 1. The molecule has 3 heterocycles. The van der Waals surface area contributed by atoms with Crippen LogP contribution in [0.3, 0.4) is 0 Å². The first-order chi connectivity index (χ1) is 17.7. The molecule has 8 nitrogen and oxygen atoms in total. The summed E-state index contributed by atoms with van der Waals surface area (Å²) in [6.07, 6.45) is 4.42. The number of nitrogens with one attached hydrogen (secondary N) is 1. The average molecular weight is 509 g/mol. The molecule has 8 heteroatoms. The summed E-state index contributed by atoms with van der Waals surface area (Å²) in [6, 6.07) is 8.12. The van der Waals surface area contributed by atoms with Gasteiger partial charge in [0, 0.05) is 50.2 Å². The lowest BCUT2D eigenvalue weighted by Gasteiger charge is -2.30. The third-order valence-corrected chi connectivity index (χ3v) is 7.33. The second kappa shape index (κ2) is 11.6. The second-order valence-corrected chi connectivity index (χ2v) is 10.5. The van der Waals surface area contributed by atoms with Gasteiger partial charge in [0.05, 0.1) is 17.1 Å². The summed E-state index contributed by atoms with van der Waals surface area (Å²) in [5, 5.41) is 3.34. The van der Waals surface area contributed by atoms with E-state index in [0.29, 0.717) is 24.4 Å². The van der Waals surface area contributed by atoms with Crippen LogP contribution in [0.15, 0.2) is 35.3 Å². The van der Waals surface area contributed by atoms with Gasteiger partial charge in [-0.05, 0) is 76.6 Å². The van der Waals surface area contributed by atoms with Gasteiger partial charge >= 0.3 is 5.97 Å². The zero-order valence-electron chi connectivity index (χ0n) is 22.9. The zero-order chi connectivity index (χ0) is 26.7. The van der Waals surface area contributed by atoms with Gasteiger partial charge in [0.2, 0.25) is 0 Å². The van der Waals surface area contributed by atoms with Crippen LogP contribution in [-0.2, 0) is 27.9 Å². The number of hydrogen-bond donors (Lipinski definition) is 1. The lowest BCUT2D eigenvalue weighted by Crippen LogP contribution is -2.38. The zero-order valence-corrected chi connectivity index (χ0v) is 22.9. The molecule has 200 valence electrons. The van der Waals surface area contributed by atoms with Crippen molar-refractivity contribution in [3.05, 3.63) is 51.9 Å². The molecule has 0 radical (unpaired) electrons. The lowest BCUT2D eigenvalue weighted by atomic mass is 9.92. The number of carbonyl (C=O) groups is 1. The minimum atomic E-state index is -0.353. The van der Waals surface area contributed by atoms with E-state index in [1.54, 1.807) is 11.6 Å². The van der Waals surface area contributed by atoms with E-state index in [-0.39, 0.29) is 29.7 Å². The van der Waals surface area contributed by atoms with Crippen LogP contribution in [0.25, 0.3) is 22.4 Å². The number of rotatable bonds is 9. The lowest BCUT2D eigenvalue weighted by molar-refractivity contribution is -0.150. The summed E-state index contributed by atoms with van der Waals surface area (Å²) < 4.78 is 15.0. The van der Waals surface area contributed by atoms with E-state index >= 15 is 0 Å². The van der Waals surface area contributed by atoms with Crippen LogP contribution in [0.2, 0.25) is 0 Å². The van der Waals surface area contributed by atoms with Crippen LogP contribution in [0.1, 0.15) is 64.1 Å². The highest BCUT2D eigenvalue weighted by molar-refractivity contribution is 5.81. The highest BCUT2D eigenvalue weighted by atomic mass is 16.5. The molecular formula is C29H40N4O4. The topological polar surface area (TPSA) is 87.4 Å². The predicted molar refractivity (Wildman–Crippen MR) is 146 cm³/mol. The van der Waals surface area contributed by atoms with E-state index in [1.165, 1.54) is 0 Å². The molecule has 0 aliphatic carbocycles. The van der Waals surface area contributed by atoms with E-state index in [0.717, 1.165) is 54.0 Å². The Labute approximate surface area is 219 Å². The van der Waals surface area contributed by atoms with Crippen molar-refractivity contribution < 1.29 is 14.3 Å². The van der Waals surface area contributed by atoms with E-state index in [1.807, 2.05) is 40.0 Å². The monoisotopic (exact) mass is 508 g/mol. The molecule has 1 saturated heterocycles. The number of aryl methyl sites for hydroxylation is 2. The maximum Gasteiger partial charge on any atom is 0.323 e. The quantitative estimate of drug-likeness (QED) is 0.428. The van der Waals surface area contributed by atoms with Crippen molar-refractivity contribution in [1.82, 2.24) is 19.4 Å². The summed E-state index contributed by atoms with van der Waals surface area (Å²) in [6.45, 7) is 11.9. The van der Waals surface area contributed by atoms with Crippen molar-refractivity contribution in [2.45, 2.75) is 78.6 Å². The highest BCUT2D eigenvalue weighted by Gasteiger charge is 2.27. The fourth-order valence-electron chi connectivity index (χ4n) is 5.23. The normalized spacial score (nSPS) is 16.3. The number of aromatic nitrogens is 3. The standard InChI is InChI=1S/C29H40N4O4/c1-7-24(29(35)37-18(2)3)30-16-21-8-9-26-25(15-21)31-27(23-14-19(4)28(34)32(6)17-23)33(26)20(5)22-10-12-36-13-11-22/h8-9,14-15,17-18,20,22,24,30H,7,10-13,16H2,1-6H3/t20?,24-/m0/s1. The summed E-state index contributed by atoms with van der Waals surface area (Å²) in [4.78, 5) is 29.9. The van der Waals surface area contributed by atoms with Crippen molar-refractivity contribution in [2.75, 3.05) is 13.2 Å². The van der Waals surface area contributed by atoms with E-state index in [9.17, 15) is 9.59 Å². The van der Waals surface area contributed by atoms with Crippen LogP contribution in [-0.4, -0.2) is 45.4 Å². The number of esters is 1. The average Bonchev–Trinajstić information content (AvgIpc) is 3.25. The van der Waals surface area contributed by atoms with Crippen molar-refractivity contribution >= 4 is 17.0 Å². The van der Waals surface area contributed by atoms with Gasteiger partial charge in [-0.3, -0.25) is 9.59 Å². The molecule has 0 saturated carbocycles. The van der Waals surface area contributed by atoms with Crippen LogP contribution >= 0.6 is 0 Å². The number of nitrogens with zero attached hydrogens (tertiary/aromatic N) is 3. The Morgan fingerprint density at radius 3 is 2.59 bits per heavy atom. The molecule has 1 aliphatic rings. The van der Waals surface area contributed by atoms with E-state index < -0.39 is 0 Å². The largest absolute Gasteiger partial charge is 0.462 e. The van der Waals surface area contributed by atoms with Gasteiger partial charge in [0.1, 0.15) is 11.9 Å². The van der Waals surface area contributed by atoms with E-state index in [4.69, 9.17) is 14.5 Å². The molecule has 37 heavy (non-hydrogen) atoms. The minimum Gasteiger partial charge on any atom is -0.462 e. The van der Waals surface area contributed by atoms with Gasteiger partial charge in [-0.15, -0.1) is 0 Å². The highest BCUT2D eigenvalue weighted by Crippen LogP contribution is 2.35. The molecule has 1 unspecified atom stereocenters. The van der Waals surface area contributed by atoms with Gasteiger partial charge in [0.25, 0.3) is 5.56 Å². The summed E-state index contributed by atoms with van der Waals surface area (Å²) >= 11 is 0. The van der Waals surface area contributed by atoms with Gasteiger partial charge in [0.15, 0.2) is 0 Å². The van der Waals surface area contributed by atoms with E-state index in [2.05, 4.69) is 35.0 Å². The molecule has 0 bridgehead atoms. The summed E-state index contributed by atoms with van der Waals surface area (Å²) in [5.74, 6) is 1.13. The molecule has 2 aromatic heterocycles. The van der Waals surface area contributed by atoms with Gasteiger partial charge in [-0.1, -0.05) is 13.0 Å². The number of ether oxygens (including phenoxy) is 2. The van der Waals surface area contributed by atoms with Crippen LogP contribution in [0.4, 0.5) is 0 Å². The molecule has 1 fully saturated rings. The molecule has 2 atom stereocenters. The third-order valence-electron chi connectivity index (χ3n) is 7.33. The first-order valence-electron chi connectivity index (χ1n) is 13.4. The fraction of sp³-hybridized carbons (Fsp3) is 0.552. The number of imidazole rings is 1. The Balaban J connectivity index is 1.71. The van der Waals surface area contributed by atoms with Crippen molar-refractivity contribution in [1.29, 1.82) is 0 Å². The van der Waals surface area contributed by atoms with Gasteiger partial charge in [-0.25, -0.2) is 4.98 Å². The number of carbonyl (C=O) groups excluding carboxylic acids is 1. The molecule has 0 spiro atoms. The molecule has 1 N–H and O–H groups in total. The van der Waals surface area contributed by atoms with Gasteiger partial charge in [-0.2, -0.15) is 0 Å². The minimum absolute atomic E-state index is 0.00118. The summed E-state index contributed by atoms with van der Waals surface area (Å²) in [7, 11) is 1.78.